The third-order valence-corrected chi connectivity index (χ3v) is 2.72. The van der Waals surface area contributed by atoms with Crippen molar-refractivity contribution in [1.82, 2.24) is 0 Å². The molecule has 0 saturated heterocycles. The van der Waals surface area contributed by atoms with Crippen LogP contribution in [0.3, 0.4) is 0 Å². The first-order valence-corrected chi connectivity index (χ1v) is 5.97. The maximum absolute atomic E-state index is 2.48. The molecule has 1 radical (unpaired) electrons. The van der Waals surface area contributed by atoms with E-state index in [4.69, 9.17) is 0 Å². The van der Waals surface area contributed by atoms with Gasteiger partial charge in [-0.1, -0.05) is 44.3 Å². The zero-order valence-electron chi connectivity index (χ0n) is 8.80. The molecule has 0 heterocycles. The summed E-state index contributed by atoms with van der Waals surface area (Å²) in [5.74, 6) is 0. The molecule has 0 amide bonds. The molecule has 0 atom stereocenters. The maximum Gasteiger partial charge on any atom is -0.0351 e. The van der Waals surface area contributed by atoms with E-state index in [0.717, 1.165) is 0 Å². The summed E-state index contributed by atoms with van der Waals surface area (Å²) in [7, 11) is 0. The van der Waals surface area contributed by atoms with Crippen molar-refractivity contribution >= 4 is 0 Å². The van der Waals surface area contributed by atoms with Gasteiger partial charge in [0.15, 0.2) is 0 Å². The monoisotopic (exact) mass is 179 g/mol. The van der Waals surface area contributed by atoms with E-state index in [2.05, 4.69) is 18.6 Å². The molecule has 0 N–H and O–H groups in total. The standard InChI is InChI=1S/C13H23/c1-2-4-6-8-10-12-13-11-9-7-5-3-1/h1-2,9H,3-8,10-13H2. The van der Waals surface area contributed by atoms with E-state index in [-0.39, 0.29) is 0 Å². The SMILES string of the molecule is [CH]1CCCC=CCCCCCCC1. The average molecular weight is 179 g/mol. The van der Waals surface area contributed by atoms with Crippen LogP contribution in [0.25, 0.3) is 0 Å². The van der Waals surface area contributed by atoms with Gasteiger partial charge in [0.2, 0.25) is 0 Å². The van der Waals surface area contributed by atoms with Gasteiger partial charge in [0.05, 0.1) is 0 Å². The molecule has 0 bridgehead atoms. The fourth-order valence-electron chi connectivity index (χ4n) is 1.84. The van der Waals surface area contributed by atoms with Gasteiger partial charge in [0.1, 0.15) is 0 Å². The Bertz CT molecular complexity index is 110. The summed E-state index contributed by atoms with van der Waals surface area (Å²) in [6.07, 6.45) is 21.0. The molecule has 75 valence electrons. The average Bonchev–Trinajstić information content (AvgIpc) is 2.18. The molecule has 0 aromatic carbocycles. The van der Waals surface area contributed by atoms with Crippen molar-refractivity contribution in [2.45, 2.75) is 64.2 Å². The van der Waals surface area contributed by atoms with E-state index in [1.165, 1.54) is 64.2 Å². The van der Waals surface area contributed by atoms with Crippen LogP contribution < -0.4 is 0 Å². The van der Waals surface area contributed by atoms with Crippen molar-refractivity contribution in [3.8, 4) is 0 Å². The van der Waals surface area contributed by atoms with Gasteiger partial charge in [-0.3, -0.25) is 0 Å². The van der Waals surface area contributed by atoms with Crippen LogP contribution in [0, 0.1) is 6.42 Å². The van der Waals surface area contributed by atoms with Crippen LogP contribution in [-0.4, -0.2) is 0 Å². The predicted octanol–water partition coefficient (Wildman–Crippen LogP) is 4.66. The fourth-order valence-corrected chi connectivity index (χ4v) is 1.84. The highest BCUT2D eigenvalue weighted by molar-refractivity contribution is 4.82. The summed E-state index contributed by atoms with van der Waals surface area (Å²) in [4.78, 5) is 0. The Labute approximate surface area is 83.4 Å². The second-order valence-corrected chi connectivity index (χ2v) is 4.04. The van der Waals surface area contributed by atoms with Crippen LogP contribution in [-0.2, 0) is 0 Å². The highest BCUT2D eigenvalue weighted by Crippen LogP contribution is 2.12. The molecule has 1 rings (SSSR count). The topological polar surface area (TPSA) is 0 Å². The molecule has 0 aliphatic heterocycles. The van der Waals surface area contributed by atoms with E-state index in [0.29, 0.717) is 0 Å². The Hall–Kier alpha value is -0.260. The lowest BCUT2D eigenvalue weighted by molar-refractivity contribution is 0.609. The molecular formula is C13H23. The Morgan fingerprint density at radius 1 is 0.462 bits per heavy atom. The van der Waals surface area contributed by atoms with E-state index in [1.54, 1.807) is 0 Å². The number of hydrogen-bond acceptors (Lipinski definition) is 0. The number of hydrogen-bond donors (Lipinski definition) is 0. The molecule has 0 aromatic heterocycles. The Kier molecular flexibility index (Phi) is 6.94. The van der Waals surface area contributed by atoms with Crippen molar-refractivity contribution in [1.29, 1.82) is 0 Å². The van der Waals surface area contributed by atoms with Crippen molar-refractivity contribution in [3.05, 3.63) is 18.6 Å². The van der Waals surface area contributed by atoms with Crippen molar-refractivity contribution in [2.75, 3.05) is 0 Å². The van der Waals surface area contributed by atoms with Gasteiger partial charge < -0.3 is 0 Å². The zero-order chi connectivity index (χ0) is 9.19. The molecule has 13 heavy (non-hydrogen) atoms. The highest BCUT2D eigenvalue weighted by Gasteiger charge is 1.93. The van der Waals surface area contributed by atoms with Gasteiger partial charge in [-0.05, 0) is 38.5 Å². The minimum Gasteiger partial charge on any atom is -0.0885 e. The lowest BCUT2D eigenvalue weighted by Crippen LogP contribution is -1.81. The molecule has 0 saturated carbocycles. The molecule has 1 aliphatic rings. The molecule has 1 aliphatic carbocycles. The van der Waals surface area contributed by atoms with Gasteiger partial charge in [-0.15, -0.1) is 0 Å². The fraction of sp³-hybridized carbons (Fsp3) is 0.769. The minimum atomic E-state index is 1.29. The van der Waals surface area contributed by atoms with Gasteiger partial charge >= 0.3 is 0 Å². The molecular weight excluding hydrogens is 156 g/mol. The van der Waals surface area contributed by atoms with Crippen LogP contribution in [0.1, 0.15) is 64.2 Å². The first-order chi connectivity index (χ1) is 6.50. The first-order valence-electron chi connectivity index (χ1n) is 5.97. The quantitative estimate of drug-likeness (QED) is 0.474. The largest absolute Gasteiger partial charge is 0.0885 e. The lowest BCUT2D eigenvalue weighted by Gasteiger charge is -1.99. The van der Waals surface area contributed by atoms with E-state index >= 15 is 0 Å². The van der Waals surface area contributed by atoms with Crippen molar-refractivity contribution in [2.24, 2.45) is 0 Å². The summed E-state index contributed by atoms with van der Waals surface area (Å²) in [6.45, 7) is 0. The lowest BCUT2D eigenvalue weighted by atomic mass is 10.1. The molecule has 0 unspecified atom stereocenters. The van der Waals surface area contributed by atoms with Crippen molar-refractivity contribution in [3.63, 3.8) is 0 Å². The summed E-state index contributed by atoms with van der Waals surface area (Å²) >= 11 is 0. The van der Waals surface area contributed by atoms with Crippen LogP contribution in [0.15, 0.2) is 12.2 Å². The van der Waals surface area contributed by atoms with Gasteiger partial charge in [-0.25, -0.2) is 0 Å². The van der Waals surface area contributed by atoms with Crippen LogP contribution in [0.4, 0.5) is 0 Å². The molecule has 0 nitrogen and oxygen atoms in total. The zero-order valence-corrected chi connectivity index (χ0v) is 8.80. The van der Waals surface area contributed by atoms with E-state index < -0.39 is 0 Å². The molecule has 0 fully saturated rings. The maximum atomic E-state index is 2.48. The van der Waals surface area contributed by atoms with Gasteiger partial charge in [-0.2, -0.15) is 0 Å². The first kappa shape index (κ1) is 10.8. The van der Waals surface area contributed by atoms with Crippen molar-refractivity contribution < 1.29 is 0 Å². The minimum absolute atomic E-state index is 1.29. The number of allylic oxidation sites excluding steroid dienone is 2. The summed E-state index contributed by atoms with van der Waals surface area (Å²) in [5.41, 5.74) is 0. The van der Waals surface area contributed by atoms with Gasteiger partial charge in [0, 0.05) is 0 Å². The van der Waals surface area contributed by atoms with Crippen LogP contribution in [0.2, 0.25) is 0 Å². The Morgan fingerprint density at radius 2 is 1.00 bits per heavy atom. The molecule has 0 aromatic rings. The third-order valence-electron chi connectivity index (χ3n) is 2.72. The van der Waals surface area contributed by atoms with Gasteiger partial charge in [0.25, 0.3) is 0 Å². The van der Waals surface area contributed by atoms with Crippen LogP contribution >= 0.6 is 0 Å². The second kappa shape index (κ2) is 8.34. The predicted molar refractivity (Wildman–Crippen MR) is 59.6 cm³/mol. The highest BCUT2D eigenvalue weighted by atomic mass is 14.0. The van der Waals surface area contributed by atoms with E-state index in [9.17, 15) is 0 Å². The van der Waals surface area contributed by atoms with Crippen LogP contribution in [0.5, 0.6) is 0 Å². The van der Waals surface area contributed by atoms with E-state index in [1.807, 2.05) is 0 Å². The third kappa shape index (κ3) is 6.86. The Balaban J connectivity index is 2.09. The molecule has 0 spiro atoms. The summed E-state index contributed by atoms with van der Waals surface area (Å²) < 4.78 is 0. The second-order valence-electron chi connectivity index (χ2n) is 4.04. The smallest absolute Gasteiger partial charge is 0.0351 e. The number of rotatable bonds is 0. The Morgan fingerprint density at radius 3 is 1.85 bits per heavy atom. The summed E-state index contributed by atoms with van der Waals surface area (Å²) in [5, 5.41) is 0. The summed E-state index contributed by atoms with van der Waals surface area (Å²) in [6, 6.07) is 0. The normalized spacial score (nSPS) is 22.8. The molecule has 0 heteroatoms.